The molecule has 3 nitrogen and oxygen atoms in total. The van der Waals surface area contributed by atoms with Crippen LogP contribution in [0.5, 0.6) is 0 Å². The molecule has 0 unspecified atom stereocenters. The zero-order chi connectivity index (χ0) is 5.28. The van der Waals surface area contributed by atoms with Crippen molar-refractivity contribution in [1.82, 2.24) is 16.0 Å². The minimum absolute atomic E-state index is 0.343. The Morgan fingerprint density at radius 3 is 2.14 bits per heavy atom. The van der Waals surface area contributed by atoms with E-state index in [2.05, 4.69) is 22.9 Å². The van der Waals surface area contributed by atoms with E-state index in [1.54, 1.807) is 0 Å². The first-order valence-corrected chi connectivity index (χ1v) is 2.52. The van der Waals surface area contributed by atoms with Gasteiger partial charge in [-0.15, -0.1) is 0 Å². The molecule has 1 rings (SSSR count). The van der Waals surface area contributed by atoms with E-state index in [0.717, 1.165) is 0 Å². The van der Waals surface area contributed by atoms with Crippen LogP contribution in [-0.2, 0) is 0 Å². The van der Waals surface area contributed by atoms with Crippen molar-refractivity contribution >= 4 is 0 Å². The Labute approximate surface area is 43.5 Å². The zero-order valence-electron chi connectivity index (χ0n) is 4.65. The average molecular weight is 101 g/mol. The Bertz CT molecular complexity index is 58.0. The Morgan fingerprint density at radius 1 is 1.43 bits per heavy atom. The minimum atomic E-state index is 0.343. The molecule has 3 heteroatoms. The minimum Gasteiger partial charge on any atom is -0.293 e. The van der Waals surface area contributed by atoms with Crippen LogP contribution in [0.3, 0.4) is 0 Å². The summed E-state index contributed by atoms with van der Waals surface area (Å²) in [6.07, 6.45) is 0.826. The van der Waals surface area contributed by atoms with Crippen LogP contribution in [-0.4, -0.2) is 19.5 Å². The normalized spacial score (nSPS) is 40.3. The summed E-state index contributed by atoms with van der Waals surface area (Å²) >= 11 is 0. The van der Waals surface area contributed by atoms with Gasteiger partial charge in [-0.25, -0.2) is 0 Å². The summed E-state index contributed by atoms with van der Waals surface area (Å²) in [7, 11) is 1.91. The SMILES string of the molecule is CNC1NC(C)N1. The van der Waals surface area contributed by atoms with Crippen LogP contribution < -0.4 is 16.0 Å². The van der Waals surface area contributed by atoms with Crippen LogP contribution in [0.4, 0.5) is 0 Å². The quantitative estimate of drug-likeness (QED) is 0.397. The molecule has 0 radical (unpaired) electrons. The third-order valence-corrected chi connectivity index (χ3v) is 1.12. The van der Waals surface area contributed by atoms with Gasteiger partial charge in [-0.05, 0) is 14.0 Å². The van der Waals surface area contributed by atoms with Crippen molar-refractivity contribution in [3.05, 3.63) is 0 Å². The summed E-state index contributed by atoms with van der Waals surface area (Å²) in [6, 6.07) is 0. The molecule has 1 fully saturated rings. The fourth-order valence-electron chi connectivity index (χ4n) is 0.667. The van der Waals surface area contributed by atoms with Gasteiger partial charge in [0.2, 0.25) is 0 Å². The highest BCUT2D eigenvalue weighted by molar-refractivity contribution is 4.75. The summed E-state index contributed by atoms with van der Waals surface area (Å²) in [6.45, 7) is 2.08. The second-order valence-electron chi connectivity index (χ2n) is 1.78. The predicted molar refractivity (Wildman–Crippen MR) is 28.6 cm³/mol. The molecule has 0 atom stereocenters. The lowest BCUT2D eigenvalue weighted by atomic mass is 10.4. The van der Waals surface area contributed by atoms with Gasteiger partial charge in [0.1, 0.15) is 6.29 Å². The molecule has 0 aliphatic carbocycles. The fourth-order valence-corrected chi connectivity index (χ4v) is 0.667. The van der Waals surface area contributed by atoms with Gasteiger partial charge in [0.05, 0.1) is 6.17 Å². The van der Waals surface area contributed by atoms with Gasteiger partial charge in [-0.2, -0.15) is 0 Å². The van der Waals surface area contributed by atoms with E-state index in [4.69, 9.17) is 0 Å². The lowest BCUT2D eigenvalue weighted by Crippen LogP contribution is -2.70. The largest absolute Gasteiger partial charge is 0.293 e. The standard InChI is InChI=1S/C4H11N3/c1-3-6-4(5-2)7-3/h3-7H,1-2H3. The molecule has 0 amide bonds. The van der Waals surface area contributed by atoms with Crippen molar-refractivity contribution in [1.29, 1.82) is 0 Å². The molecule has 1 heterocycles. The zero-order valence-corrected chi connectivity index (χ0v) is 4.65. The highest BCUT2D eigenvalue weighted by Crippen LogP contribution is 1.88. The summed E-state index contributed by atoms with van der Waals surface area (Å²) in [5, 5.41) is 9.35. The van der Waals surface area contributed by atoms with Gasteiger partial charge >= 0.3 is 0 Å². The van der Waals surface area contributed by atoms with Crippen LogP contribution in [0.25, 0.3) is 0 Å². The summed E-state index contributed by atoms with van der Waals surface area (Å²) in [5.74, 6) is 0. The first kappa shape index (κ1) is 5.03. The molecule has 0 aromatic carbocycles. The Kier molecular flexibility index (Phi) is 1.27. The second kappa shape index (κ2) is 1.78. The smallest absolute Gasteiger partial charge is 0.114 e. The van der Waals surface area contributed by atoms with Crippen molar-refractivity contribution in [2.24, 2.45) is 0 Å². The number of hydrogen-bond acceptors (Lipinski definition) is 3. The predicted octanol–water partition coefficient (Wildman–Crippen LogP) is -0.972. The van der Waals surface area contributed by atoms with Crippen LogP contribution in [0.2, 0.25) is 0 Å². The first-order chi connectivity index (χ1) is 3.33. The lowest BCUT2D eigenvalue weighted by molar-refractivity contribution is 0.187. The molecule has 0 bridgehead atoms. The first-order valence-electron chi connectivity index (χ1n) is 2.52. The molecule has 1 aliphatic rings. The molecule has 0 spiro atoms. The van der Waals surface area contributed by atoms with Gasteiger partial charge in [0.25, 0.3) is 0 Å². The molecule has 3 N–H and O–H groups in total. The van der Waals surface area contributed by atoms with E-state index >= 15 is 0 Å². The van der Waals surface area contributed by atoms with E-state index in [1.807, 2.05) is 7.05 Å². The number of nitrogens with one attached hydrogen (secondary N) is 3. The van der Waals surface area contributed by atoms with Crippen molar-refractivity contribution in [3.8, 4) is 0 Å². The second-order valence-corrected chi connectivity index (χ2v) is 1.78. The average Bonchev–Trinajstić information content (AvgIpc) is 1.58. The maximum absolute atomic E-state index is 3.17. The van der Waals surface area contributed by atoms with Crippen molar-refractivity contribution in [3.63, 3.8) is 0 Å². The molecule has 1 saturated heterocycles. The van der Waals surface area contributed by atoms with Crippen LogP contribution >= 0.6 is 0 Å². The topological polar surface area (TPSA) is 36.1 Å². The number of hydrogen-bond donors (Lipinski definition) is 3. The monoisotopic (exact) mass is 101 g/mol. The molecule has 1 aliphatic heterocycles. The summed E-state index contributed by atoms with van der Waals surface area (Å²) < 4.78 is 0. The third-order valence-electron chi connectivity index (χ3n) is 1.12. The maximum atomic E-state index is 3.17. The van der Waals surface area contributed by atoms with Crippen molar-refractivity contribution in [2.45, 2.75) is 19.4 Å². The molecular formula is C4H11N3. The van der Waals surface area contributed by atoms with Crippen LogP contribution in [0.1, 0.15) is 6.92 Å². The lowest BCUT2D eigenvalue weighted by Gasteiger charge is -2.36. The molecular weight excluding hydrogens is 90.1 g/mol. The molecule has 0 aromatic heterocycles. The van der Waals surface area contributed by atoms with Crippen molar-refractivity contribution < 1.29 is 0 Å². The van der Waals surface area contributed by atoms with Gasteiger partial charge in [0.15, 0.2) is 0 Å². The van der Waals surface area contributed by atoms with E-state index in [-0.39, 0.29) is 0 Å². The van der Waals surface area contributed by atoms with Gasteiger partial charge in [0, 0.05) is 0 Å². The number of rotatable bonds is 1. The Hall–Kier alpha value is -0.120. The maximum Gasteiger partial charge on any atom is 0.114 e. The summed E-state index contributed by atoms with van der Waals surface area (Å²) in [4.78, 5) is 0. The Morgan fingerprint density at radius 2 is 2.00 bits per heavy atom. The third kappa shape index (κ3) is 0.907. The van der Waals surface area contributed by atoms with Gasteiger partial charge in [-0.1, -0.05) is 0 Å². The fraction of sp³-hybridized carbons (Fsp3) is 1.00. The molecule has 0 aromatic rings. The van der Waals surface area contributed by atoms with E-state index in [0.29, 0.717) is 12.5 Å². The highest BCUT2D eigenvalue weighted by atomic mass is 15.4. The molecule has 7 heavy (non-hydrogen) atoms. The Balaban J connectivity index is 2.06. The molecule has 42 valence electrons. The summed E-state index contributed by atoms with van der Waals surface area (Å²) in [5.41, 5.74) is 0. The van der Waals surface area contributed by atoms with E-state index in [1.165, 1.54) is 0 Å². The van der Waals surface area contributed by atoms with Gasteiger partial charge < -0.3 is 0 Å². The highest BCUT2D eigenvalue weighted by Gasteiger charge is 2.19. The van der Waals surface area contributed by atoms with Gasteiger partial charge in [-0.3, -0.25) is 16.0 Å². The van der Waals surface area contributed by atoms with Crippen molar-refractivity contribution in [2.75, 3.05) is 7.05 Å². The van der Waals surface area contributed by atoms with E-state index in [9.17, 15) is 0 Å². The van der Waals surface area contributed by atoms with Crippen LogP contribution in [0.15, 0.2) is 0 Å². The van der Waals surface area contributed by atoms with Crippen LogP contribution in [0, 0.1) is 0 Å². The molecule has 0 saturated carbocycles. The van der Waals surface area contributed by atoms with E-state index < -0.39 is 0 Å².